The maximum absolute atomic E-state index is 9.82. The maximum Gasteiger partial charge on any atom is 0.119 e. The third-order valence-corrected chi connectivity index (χ3v) is 4.56. The van der Waals surface area contributed by atoms with Crippen LogP contribution in [0.3, 0.4) is 0 Å². The van der Waals surface area contributed by atoms with E-state index in [9.17, 15) is 5.11 Å². The zero-order valence-electron chi connectivity index (χ0n) is 12.1. The number of rotatable bonds is 4. The van der Waals surface area contributed by atoms with Gasteiger partial charge in [0.25, 0.3) is 0 Å². The van der Waals surface area contributed by atoms with Crippen molar-refractivity contribution in [1.29, 1.82) is 0 Å². The van der Waals surface area contributed by atoms with E-state index in [0.717, 1.165) is 30.2 Å². The number of anilines is 1. The van der Waals surface area contributed by atoms with E-state index < -0.39 is 0 Å². The average molecular weight is 263 g/mol. The molecule has 0 amide bonds. The van der Waals surface area contributed by atoms with E-state index in [2.05, 4.69) is 19.2 Å². The Labute approximate surface area is 116 Å². The standard InChI is InChI=1S/C16H25NO2/c1-12-8-9-16(11-18,10-13(12)2)17-14-4-6-15(19-3)7-5-14/h4-7,12-13,17-18H,8-11H2,1-3H3. The first-order valence-corrected chi connectivity index (χ1v) is 7.12. The Morgan fingerprint density at radius 1 is 1.26 bits per heavy atom. The zero-order chi connectivity index (χ0) is 13.9. The van der Waals surface area contributed by atoms with Crippen LogP contribution in [0.1, 0.15) is 33.1 Å². The largest absolute Gasteiger partial charge is 0.497 e. The predicted molar refractivity (Wildman–Crippen MR) is 78.6 cm³/mol. The van der Waals surface area contributed by atoms with E-state index >= 15 is 0 Å². The van der Waals surface area contributed by atoms with Crippen molar-refractivity contribution in [3.05, 3.63) is 24.3 Å². The molecule has 1 aliphatic rings. The Balaban J connectivity index is 2.09. The first-order valence-electron chi connectivity index (χ1n) is 7.12. The molecule has 3 unspecified atom stereocenters. The van der Waals surface area contributed by atoms with Crippen LogP contribution >= 0.6 is 0 Å². The van der Waals surface area contributed by atoms with Crippen LogP contribution < -0.4 is 10.1 Å². The van der Waals surface area contributed by atoms with Crippen molar-refractivity contribution < 1.29 is 9.84 Å². The summed E-state index contributed by atoms with van der Waals surface area (Å²) in [4.78, 5) is 0. The van der Waals surface area contributed by atoms with Gasteiger partial charge in [-0.15, -0.1) is 0 Å². The fourth-order valence-corrected chi connectivity index (χ4v) is 2.99. The lowest BCUT2D eigenvalue weighted by Gasteiger charge is -2.43. The number of aliphatic hydroxyl groups excluding tert-OH is 1. The van der Waals surface area contributed by atoms with Crippen molar-refractivity contribution in [3.8, 4) is 5.75 Å². The van der Waals surface area contributed by atoms with Gasteiger partial charge in [0.05, 0.1) is 19.3 Å². The quantitative estimate of drug-likeness (QED) is 0.876. The van der Waals surface area contributed by atoms with Gasteiger partial charge in [-0.1, -0.05) is 13.8 Å². The predicted octanol–water partition coefficient (Wildman–Crippen LogP) is 3.29. The van der Waals surface area contributed by atoms with Crippen molar-refractivity contribution in [1.82, 2.24) is 0 Å². The lowest BCUT2D eigenvalue weighted by molar-refractivity contribution is 0.121. The molecule has 2 rings (SSSR count). The molecule has 106 valence electrons. The van der Waals surface area contributed by atoms with Crippen LogP contribution in [0.2, 0.25) is 0 Å². The molecular formula is C16H25NO2. The van der Waals surface area contributed by atoms with Crippen LogP contribution in [0, 0.1) is 11.8 Å². The van der Waals surface area contributed by atoms with E-state index in [4.69, 9.17) is 4.74 Å². The third kappa shape index (κ3) is 3.21. The summed E-state index contributed by atoms with van der Waals surface area (Å²) in [7, 11) is 1.67. The normalized spacial score (nSPS) is 30.9. The molecule has 19 heavy (non-hydrogen) atoms. The van der Waals surface area contributed by atoms with Gasteiger partial charge in [-0.05, 0) is 55.4 Å². The molecule has 3 nitrogen and oxygen atoms in total. The molecule has 1 fully saturated rings. The van der Waals surface area contributed by atoms with Gasteiger partial charge in [-0.25, -0.2) is 0 Å². The average Bonchev–Trinajstić information content (AvgIpc) is 2.44. The van der Waals surface area contributed by atoms with Crippen molar-refractivity contribution in [3.63, 3.8) is 0 Å². The number of nitrogens with one attached hydrogen (secondary N) is 1. The fourth-order valence-electron chi connectivity index (χ4n) is 2.99. The number of aliphatic hydroxyl groups is 1. The number of hydrogen-bond donors (Lipinski definition) is 2. The number of methoxy groups -OCH3 is 1. The first kappa shape index (κ1) is 14.2. The third-order valence-electron chi connectivity index (χ3n) is 4.56. The minimum atomic E-state index is -0.166. The van der Waals surface area contributed by atoms with Crippen LogP contribution in [0.15, 0.2) is 24.3 Å². The SMILES string of the molecule is COc1ccc(NC2(CO)CCC(C)C(C)C2)cc1. The van der Waals surface area contributed by atoms with Gasteiger partial charge in [0.15, 0.2) is 0 Å². The molecule has 1 saturated carbocycles. The van der Waals surface area contributed by atoms with Crippen LogP contribution in [-0.2, 0) is 0 Å². The lowest BCUT2D eigenvalue weighted by Crippen LogP contribution is -2.47. The minimum Gasteiger partial charge on any atom is -0.497 e. The van der Waals surface area contributed by atoms with E-state index in [1.165, 1.54) is 6.42 Å². The van der Waals surface area contributed by atoms with Crippen molar-refractivity contribution >= 4 is 5.69 Å². The number of benzene rings is 1. The summed E-state index contributed by atoms with van der Waals surface area (Å²) < 4.78 is 5.16. The second-order valence-corrected chi connectivity index (χ2v) is 5.99. The number of ether oxygens (including phenoxy) is 1. The van der Waals surface area contributed by atoms with E-state index in [-0.39, 0.29) is 12.1 Å². The summed E-state index contributed by atoms with van der Waals surface area (Å²) in [6.45, 7) is 4.78. The molecule has 3 heteroatoms. The first-order chi connectivity index (χ1) is 9.08. The molecule has 1 aromatic carbocycles. The van der Waals surface area contributed by atoms with Gasteiger partial charge in [-0.3, -0.25) is 0 Å². The lowest BCUT2D eigenvalue weighted by atomic mass is 9.71. The van der Waals surface area contributed by atoms with Crippen LogP contribution in [0.4, 0.5) is 5.69 Å². The second-order valence-electron chi connectivity index (χ2n) is 5.99. The topological polar surface area (TPSA) is 41.5 Å². The van der Waals surface area contributed by atoms with E-state index in [1.807, 2.05) is 24.3 Å². The van der Waals surface area contributed by atoms with Gasteiger partial charge in [0, 0.05) is 5.69 Å². The Bertz CT molecular complexity index is 404. The van der Waals surface area contributed by atoms with Gasteiger partial charge < -0.3 is 15.2 Å². The summed E-state index contributed by atoms with van der Waals surface area (Å²) in [6, 6.07) is 7.92. The van der Waals surface area contributed by atoms with Crippen molar-refractivity contribution in [2.24, 2.45) is 11.8 Å². The molecule has 0 saturated heterocycles. The highest BCUT2D eigenvalue weighted by atomic mass is 16.5. The van der Waals surface area contributed by atoms with Crippen LogP contribution in [0.5, 0.6) is 5.75 Å². The molecule has 0 aliphatic heterocycles. The van der Waals surface area contributed by atoms with Crippen molar-refractivity contribution in [2.45, 2.75) is 38.6 Å². The van der Waals surface area contributed by atoms with Gasteiger partial charge in [-0.2, -0.15) is 0 Å². The van der Waals surface area contributed by atoms with Gasteiger partial charge in [0.1, 0.15) is 5.75 Å². The van der Waals surface area contributed by atoms with Gasteiger partial charge in [0.2, 0.25) is 0 Å². The monoisotopic (exact) mass is 263 g/mol. The van der Waals surface area contributed by atoms with Gasteiger partial charge >= 0.3 is 0 Å². The Morgan fingerprint density at radius 3 is 2.47 bits per heavy atom. The molecule has 0 bridgehead atoms. The highest BCUT2D eigenvalue weighted by Crippen LogP contribution is 2.38. The zero-order valence-corrected chi connectivity index (χ0v) is 12.1. The highest BCUT2D eigenvalue weighted by Gasteiger charge is 2.37. The summed E-state index contributed by atoms with van der Waals surface area (Å²) in [5, 5.41) is 13.4. The highest BCUT2D eigenvalue weighted by molar-refractivity contribution is 5.48. The van der Waals surface area contributed by atoms with Crippen LogP contribution in [0.25, 0.3) is 0 Å². The molecule has 1 aromatic rings. The Hall–Kier alpha value is -1.22. The summed E-state index contributed by atoms with van der Waals surface area (Å²) in [5.41, 5.74) is 0.886. The molecular weight excluding hydrogens is 238 g/mol. The molecule has 1 aliphatic carbocycles. The summed E-state index contributed by atoms with van der Waals surface area (Å²) >= 11 is 0. The smallest absolute Gasteiger partial charge is 0.119 e. The minimum absolute atomic E-state index is 0.166. The Morgan fingerprint density at radius 2 is 1.95 bits per heavy atom. The molecule has 0 spiro atoms. The molecule has 3 atom stereocenters. The van der Waals surface area contributed by atoms with Crippen LogP contribution in [-0.4, -0.2) is 24.4 Å². The molecule has 0 radical (unpaired) electrons. The summed E-state index contributed by atoms with van der Waals surface area (Å²) in [6.07, 6.45) is 3.22. The fraction of sp³-hybridized carbons (Fsp3) is 0.625. The van der Waals surface area contributed by atoms with Crippen molar-refractivity contribution in [2.75, 3.05) is 19.0 Å². The molecule has 2 N–H and O–H groups in total. The second kappa shape index (κ2) is 5.83. The number of hydrogen-bond acceptors (Lipinski definition) is 3. The molecule has 0 heterocycles. The summed E-state index contributed by atoms with van der Waals surface area (Å²) in [5.74, 6) is 2.25. The van der Waals surface area contributed by atoms with E-state index in [0.29, 0.717) is 5.92 Å². The Kier molecular flexibility index (Phi) is 4.35. The van der Waals surface area contributed by atoms with E-state index in [1.54, 1.807) is 7.11 Å². The molecule has 0 aromatic heterocycles. The maximum atomic E-state index is 9.82.